The topological polar surface area (TPSA) is 95.5 Å². The molecule has 0 saturated carbocycles. The number of anilines is 2. The number of aryl methyl sites for hydroxylation is 1. The molecule has 0 radical (unpaired) electrons. The van der Waals surface area contributed by atoms with Crippen molar-refractivity contribution in [1.82, 2.24) is 14.9 Å². The van der Waals surface area contributed by atoms with Crippen LogP contribution in [0.5, 0.6) is 0 Å². The summed E-state index contributed by atoms with van der Waals surface area (Å²) in [4.78, 5) is 25.5. The third-order valence-electron chi connectivity index (χ3n) is 5.03. The second kappa shape index (κ2) is 9.44. The Kier molecular flexibility index (Phi) is 6.47. The standard InChI is InChI=1S/C21H23N5O3S2/c27-20(26-14-12-25(13-15-26)19-8-4-5-11-22-19)10-9-17-16-30-21(23-17)24-31(28,29)18-6-2-1-3-7-18/h1-8,11,16H,9-10,12-15H2,(H,23,24). The number of nitrogens with zero attached hydrogens (tertiary/aromatic N) is 4. The van der Waals surface area contributed by atoms with Gasteiger partial charge in [-0.3, -0.25) is 9.52 Å². The van der Waals surface area contributed by atoms with Crippen LogP contribution in [0.1, 0.15) is 12.1 Å². The number of thiazole rings is 1. The maximum absolute atomic E-state index is 12.6. The molecule has 4 rings (SSSR count). The maximum atomic E-state index is 12.6. The lowest BCUT2D eigenvalue weighted by molar-refractivity contribution is -0.131. The molecule has 3 heterocycles. The van der Waals surface area contributed by atoms with Gasteiger partial charge in [0, 0.05) is 44.2 Å². The van der Waals surface area contributed by atoms with Gasteiger partial charge in [0.05, 0.1) is 10.6 Å². The van der Waals surface area contributed by atoms with E-state index in [0.717, 1.165) is 18.9 Å². The third kappa shape index (κ3) is 5.39. The van der Waals surface area contributed by atoms with E-state index < -0.39 is 10.0 Å². The van der Waals surface area contributed by atoms with E-state index in [-0.39, 0.29) is 10.8 Å². The van der Waals surface area contributed by atoms with Crippen LogP contribution in [0.4, 0.5) is 10.9 Å². The Bertz CT molecular complexity index is 1110. The largest absolute Gasteiger partial charge is 0.353 e. The molecule has 1 aliphatic heterocycles. The number of carbonyl (C=O) groups is 1. The fourth-order valence-electron chi connectivity index (χ4n) is 3.36. The summed E-state index contributed by atoms with van der Waals surface area (Å²) < 4.78 is 27.3. The first-order chi connectivity index (χ1) is 15.0. The molecule has 3 aromatic rings. The minimum atomic E-state index is -3.66. The molecule has 0 aliphatic carbocycles. The Morgan fingerprint density at radius 3 is 2.48 bits per heavy atom. The summed E-state index contributed by atoms with van der Waals surface area (Å²) in [5.41, 5.74) is 0.705. The Labute approximate surface area is 185 Å². The number of piperazine rings is 1. The van der Waals surface area contributed by atoms with E-state index in [0.29, 0.717) is 36.8 Å². The highest BCUT2D eigenvalue weighted by Crippen LogP contribution is 2.21. The quantitative estimate of drug-likeness (QED) is 0.586. The Balaban J connectivity index is 1.27. The van der Waals surface area contributed by atoms with Crippen molar-refractivity contribution in [3.05, 3.63) is 65.8 Å². The lowest BCUT2D eigenvalue weighted by Gasteiger charge is -2.35. The minimum Gasteiger partial charge on any atom is -0.353 e. The predicted molar refractivity (Wildman–Crippen MR) is 121 cm³/mol. The Morgan fingerprint density at radius 2 is 1.77 bits per heavy atom. The van der Waals surface area contributed by atoms with Gasteiger partial charge in [-0.2, -0.15) is 0 Å². The summed E-state index contributed by atoms with van der Waals surface area (Å²) >= 11 is 1.22. The highest BCUT2D eigenvalue weighted by molar-refractivity contribution is 7.93. The second-order valence-corrected chi connectivity index (χ2v) is 9.66. The first-order valence-electron chi connectivity index (χ1n) is 9.97. The van der Waals surface area contributed by atoms with Crippen LogP contribution in [-0.2, 0) is 21.2 Å². The Hall–Kier alpha value is -2.98. The highest BCUT2D eigenvalue weighted by Gasteiger charge is 2.22. The number of carbonyl (C=O) groups excluding carboxylic acids is 1. The summed E-state index contributed by atoms with van der Waals surface area (Å²) in [7, 11) is -3.66. The SMILES string of the molecule is O=C(CCc1csc(NS(=O)(=O)c2ccccc2)n1)N1CCN(c2ccccn2)CC1. The molecule has 0 unspecified atom stereocenters. The Morgan fingerprint density at radius 1 is 1.03 bits per heavy atom. The average molecular weight is 458 g/mol. The van der Waals surface area contributed by atoms with Crippen molar-refractivity contribution in [2.24, 2.45) is 0 Å². The summed E-state index contributed by atoms with van der Waals surface area (Å²) in [6.45, 7) is 2.83. The molecule has 1 N–H and O–H groups in total. The van der Waals surface area contributed by atoms with Gasteiger partial charge in [0.2, 0.25) is 5.91 Å². The van der Waals surface area contributed by atoms with E-state index in [2.05, 4.69) is 19.6 Å². The molecule has 10 heteroatoms. The predicted octanol–water partition coefficient (Wildman–Crippen LogP) is 2.62. The van der Waals surface area contributed by atoms with Crippen LogP contribution in [0.25, 0.3) is 0 Å². The molecule has 0 bridgehead atoms. The number of benzene rings is 1. The molecule has 1 saturated heterocycles. The number of rotatable bonds is 7. The van der Waals surface area contributed by atoms with E-state index in [4.69, 9.17) is 0 Å². The first kappa shape index (κ1) is 21.3. The van der Waals surface area contributed by atoms with Gasteiger partial charge in [-0.05, 0) is 30.7 Å². The summed E-state index contributed by atoms with van der Waals surface area (Å²) in [6.07, 6.45) is 2.59. The van der Waals surface area contributed by atoms with Crippen molar-refractivity contribution in [2.45, 2.75) is 17.7 Å². The molecule has 1 aliphatic rings. The normalized spacial score (nSPS) is 14.5. The highest BCUT2D eigenvalue weighted by atomic mass is 32.2. The van der Waals surface area contributed by atoms with Crippen LogP contribution in [0.3, 0.4) is 0 Å². The fourth-order valence-corrected chi connectivity index (χ4v) is 5.38. The van der Waals surface area contributed by atoms with Crippen LogP contribution in [0.2, 0.25) is 0 Å². The number of hydrogen-bond acceptors (Lipinski definition) is 7. The molecule has 2 aromatic heterocycles. The minimum absolute atomic E-state index is 0.0834. The zero-order valence-electron chi connectivity index (χ0n) is 16.8. The van der Waals surface area contributed by atoms with E-state index in [9.17, 15) is 13.2 Å². The summed E-state index contributed by atoms with van der Waals surface area (Å²) in [6, 6.07) is 14.0. The number of nitrogens with one attached hydrogen (secondary N) is 1. The van der Waals surface area contributed by atoms with Crippen LogP contribution < -0.4 is 9.62 Å². The number of aromatic nitrogens is 2. The van der Waals surface area contributed by atoms with Crippen molar-refractivity contribution < 1.29 is 13.2 Å². The van der Waals surface area contributed by atoms with Gasteiger partial charge in [0.25, 0.3) is 10.0 Å². The van der Waals surface area contributed by atoms with Crippen molar-refractivity contribution in [1.29, 1.82) is 0 Å². The lowest BCUT2D eigenvalue weighted by Crippen LogP contribution is -2.49. The van der Waals surface area contributed by atoms with Crippen molar-refractivity contribution in [3.63, 3.8) is 0 Å². The zero-order valence-corrected chi connectivity index (χ0v) is 18.5. The zero-order chi connectivity index (χ0) is 21.7. The van der Waals surface area contributed by atoms with Gasteiger partial charge in [-0.15, -0.1) is 11.3 Å². The van der Waals surface area contributed by atoms with Crippen molar-refractivity contribution >= 4 is 38.2 Å². The smallest absolute Gasteiger partial charge is 0.263 e. The average Bonchev–Trinajstić information content (AvgIpc) is 3.25. The maximum Gasteiger partial charge on any atom is 0.263 e. The monoisotopic (exact) mass is 457 g/mol. The lowest BCUT2D eigenvalue weighted by atomic mass is 10.2. The molecule has 162 valence electrons. The molecule has 31 heavy (non-hydrogen) atoms. The molecule has 1 amide bonds. The third-order valence-corrected chi connectivity index (χ3v) is 7.32. The summed E-state index contributed by atoms with van der Waals surface area (Å²) in [5, 5.41) is 2.09. The van der Waals surface area contributed by atoms with Gasteiger partial charge in [-0.25, -0.2) is 18.4 Å². The number of hydrogen-bond donors (Lipinski definition) is 1. The summed E-state index contributed by atoms with van der Waals surface area (Å²) in [5.74, 6) is 1.02. The molecular weight excluding hydrogens is 434 g/mol. The molecule has 0 atom stereocenters. The fraction of sp³-hybridized carbons (Fsp3) is 0.286. The molecule has 1 aromatic carbocycles. The molecule has 1 fully saturated rings. The molecule has 0 spiro atoms. The molecule has 8 nitrogen and oxygen atoms in total. The van der Waals surface area contributed by atoms with Gasteiger partial charge < -0.3 is 9.80 Å². The van der Waals surface area contributed by atoms with Gasteiger partial charge in [0.1, 0.15) is 5.82 Å². The van der Waals surface area contributed by atoms with E-state index >= 15 is 0 Å². The number of pyridine rings is 1. The number of amides is 1. The van der Waals surface area contributed by atoms with Crippen LogP contribution >= 0.6 is 11.3 Å². The van der Waals surface area contributed by atoms with Gasteiger partial charge in [-0.1, -0.05) is 24.3 Å². The van der Waals surface area contributed by atoms with E-state index in [1.165, 1.54) is 23.5 Å². The van der Waals surface area contributed by atoms with Crippen LogP contribution in [0, 0.1) is 0 Å². The van der Waals surface area contributed by atoms with E-state index in [1.54, 1.807) is 29.8 Å². The molecular formula is C21H23N5O3S2. The van der Waals surface area contributed by atoms with E-state index in [1.807, 2.05) is 23.1 Å². The van der Waals surface area contributed by atoms with Gasteiger partial charge >= 0.3 is 0 Å². The van der Waals surface area contributed by atoms with Crippen molar-refractivity contribution in [3.8, 4) is 0 Å². The first-order valence-corrected chi connectivity index (χ1v) is 12.3. The van der Waals surface area contributed by atoms with Crippen LogP contribution in [-0.4, -0.2) is 55.4 Å². The van der Waals surface area contributed by atoms with Crippen LogP contribution in [0.15, 0.2) is 65.0 Å². The number of sulfonamides is 1. The van der Waals surface area contributed by atoms with Gasteiger partial charge in [0.15, 0.2) is 5.13 Å². The van der Waals surface area contributed by atoms with Crippen molar-refractivity contribution in [2.75, 3.05) is 35.8 Å². The second-order valence-electron chi connectivity index (χ2n) is 7.12.